The molecule has 1 aliphatic carbocycles. The number of hydrogen-bond acceptors (Lipinski definition) is 2. The third kappa shape index (κ3) is 4.00. The quantitative estimate of drug-likeness (QED) is 0.614. The van der Waals surface area contributed by atoms with Crippen molar-refractivity contribution in [3.63, 3.8) is 0 Å². The summed E-state index contributed by atoms with van der Waals surface area (Å²) in [6, 6.07) is 2.11. The second-order valence-corrected chi connectivity index (χ2v) is 4.80. The molecule has 20 heavy (non-hydrogen) atoms. The van der Waals surface area contributed by atoms with Crippen molar-refractivity contribution in [1.82, 2.24) is 4.90 Å². The lowest BCUT2D eigenvalue weighted by molar-refractivity contribution is -0.145. The van der Waals surface area contributed by atoms with Gasteiger partial charge in [0.05, 0.1) is 18.7 Å². The van der Waals surface area contributed by atoms with Gasteiger partial charge >= 0.3 is 6.18 Å². The Balaban J connectivity index is 2.08. The van der Waals surface area contributed by atoms with E-state index in [2.05, 4.69) is 0 Å². The van der Waals surface area contributed by atoms with Crippen molar-refractivity contribution in [1.29, 1.82) is 0 Å². The molecule has 0 saturated heterocycles. The van der Waals surface area contributed by atoms with Crippen LogP contribution in [0.3, 0.4) is 0 Å². The molecule has 2 rings (SSSR count). The highest BCUT2D eigenvalue weighted by atomic mass is 19.4. The molecular formula is C13H12F5NO. The van der Waals surface area contributed by atoms with E-state index in [1.165, 1.54) is 0 Å². The molecule has 1 aliphatic rings. The summed E-state index contributed by atoms with van der Waals surface area (Å²) < 4.78 is 63.3. The van der Waals surface area contributed by atoms with Crippen LogP contribution >= 0.6 is 0 Å². The zero-order valence-corrected chi connectivity index (χ0v) is 10.4. The van der Waals surface area contributed by atoms with Crippen molar-refractivity contribution in [3.05, 3.63) is 35.4 Å². The third-order valence-electron chi connectivity index (χ3n) is 3.02. The standard InChI is InChI=1S/C13H12F5NO/c14-8-1-4-10(11(15)5-8)12(20)6-19(9-2-3-9)7-13(16,17)18/h1,4-5,9H,2-3,6-7H2. The van der Waals surface area contributed by atoms with Gasteiger partial charge in [0, 0.05) is 12.1 Å². The van der Waals surface area contributed by atoms with Gasteiger partial charge in [0.25, 0.3) is 0 Å². The Morgan fingerprint density at radius 2 is 1.90 bits per heavy atom. The van der Waals surface area contributed by atoms with Gasteiger partial charge in [-0.15, -0.1) is 0 Å². The van der Waals surface area contributed by atoms with Crippen LogP contribution in [0, 0.1) is 11.6 Å². The molecule has 0 aliphatic heterocycles. The molecule has 1 aromatic carbocycles. The van der Waals surface area contributed by atoms with Crippen LogP contribution < -0.4 is 0 Å². The van der Waals surface area contributed by atoms with Crippen LogP contribution in [0.15, 0.2) is 18.2 Å². The summed E-state index contributed by atoms with van der Waals surface area (Å²) in [4.78, 5) is 12.8. The van der Waals surface area contributed by atoms with Gasteiger partial charge in [-0.25, -0.2) is 8.78 Å². The van der Waals surface area contributed by atoms with Crippen molar-refractivity contribution < 1.29 is 26.7 Å². The van der Waals surface area contributed by atoms with Gasteiger partial charge in [-0.1, -0.05) is 0 Å². The fourth-order valence-corrected chi connectivity index (χ4v) is 1.97. The lowest BCUT2D eigenvalue weighted by Crippen LogP contribution is -2.39. The topological polar surface area (TPSA) is 20.3 Å². The second-order valence-electron chi connectivity index (χ2n) is 4.80. The molecule has 0 bridgehead atoms. The monoisotopic (exact) mass is 293 g/mol. The minimum absolute atomic E-state index is 0.288. The maximum Gasteiger partial charge on any atom is 0.401 e. The first-order valence-corrected chi connectivity index (χ1v) is 6.05. The molecule has 2 nitrogen and oxygen atoms in total. The maximum atomic E-state index is 13.4. The van der Waals surface area contributed by atoms with Gasteiger partial charge in [-0.2, -0.15) is 13.2 Å². The van der Waals surface area contributed by atoms with Gasteiger partial charge in [0.2, 0.25) is 0 Å². The van der Waals surface area contributed by atoms with E-state index in [-0.39, 0.29) is 11.6 Å². The van der Waals surface area contributed by atoms with Crippen molar-refractivity contribution in [3.8, 4) is 0 Å². The number of alkyl halides is 3. The summed E-state index contributed by atoms with van der Waals surface area (Å²) >= 11 is 0. The van der Waals surface area contributed by atoms with E-state index in [0.717, 1.165) is 17.0 Å². The largest absolute Gasteiger partial charge is 0.401 e. The maximum absolute atomic E-state index is 13.4. The summed E-state index contributed by atoms with van der Waals surface area (Å²) in [5.74, 6) is -2.68. The fraction of sp³-hybridized carbons (Fsp3) is 0.462. The van der Waals surface area contributed by atoms with Gasteiger partial charge in [0.1, 0.15) is 11.6 Å². The lowest BCUT2D eigenvalue weighted by atomic mass is 10.1. The highest BCUT2D eigenvalue weighted by Crippen LogP contribution is 2.30. The Labute approximate surface area is 112 Å². The predicted molar refractivity (Wildman–Crippen MR) is 61.3 cm³/mol. The van der Waals surface area contributed by atoms with Crippen molar-refractivity contribution >= 4 is 5.78 Å². The first-order valence-electron chi connectivity index (χ1n) is 6.05. The zero-order chi connectivity index (χ0) is 14.9. The lowest BCUT2D eigenvalue weighted by Gasteiger charge is -2.22. The van der Waals surface area contributed by atoms with E-state index in [9.17, 15) is 26.7 Å². The number of Topliss-reactive ketones (excluding diaryl/α,β-unsaturated/α-hetero) is 1. The summed E-state index contributed by atoms with van der Waals surface area (Å²) in [5.41, 5.74) is -0.390. The Bertz CT molecular complexity index is 510. The van der Waals surface area contributed by atoms with Crippen LogP contribution in [0.25, 0.3) is 0 Å². The molecule has 1 aromatic rings. The van der Waals surface area contributed by atoms with Crippen LogP contribution in [0.2, 0.25) is 0 Å². The molecule has 0 heterocycles. The Morgan fingerprint density at radius 1 is 1.25 bits per heavy atom. The van der Waals surface area contributed by atoms with Crippen molar-refractivity contribution in [2.24, 2.45) is 0 Å². The number of carbonyl (C=O) groups is 1. The number of rotatable bonds is 5. The van der Waals surface area contributed by atoms with E-state index in [1.54, 1.807) is 0 Å². The summed E-state index contributed by atoms with van der Waals surface area (Å²) in [7, 11) is 0. The van der Waals surface area contributed by atoms with E-state index in [4.69, 9.17) is 0 Å². The summed E-state index contributed by atoms with van der Waals surface area (Å²) in [6.07, 6.45) is -3.23. The zero-order valence-electron chi connectivity index (χ0n) is 10.4. The first-order chi connectivity index (χ1) is 9.26. The van der Waals surface area contributed by atoms with Gasteiger partial charge in [-0.3, -0.25) is 9.69 Å². The van der Waals surface area contributed by atoms with E-state index >= 15 is 0 Å². The van der Waals surface area contributed by atoms with E-state index < -0.39 is 36.7 Å². The predicted octanol–water partition coefficient (Wildman–Crippen LogP) is 3.17. The molecule has 0 unspecified atom stereocenters. The highest BCUT2D eigenvalue weighted by Gasteiger charge is 2.39. The number of benzene rings is 1. The molecule has 0 spiro atoms. The van der Waals surface area contributed by atoms with Crippen LogP contribution in [-0.2, 0) is 0 Å². The average molecular weight is 293 g/mol. The second kappa shape index (κ2) is 5.47. The Kier molecular flexibility index (Phi) is 4.08. The Hall–Kier alpha value is -1.50. The van der Waals surface area contributed by atoms with Gasteiger partial charge < -0.3 is 0 Å². The van der Waals surface area contributed by atoms with Gasteiger partial charge in [-0.05, 0) is 25.0 Å². The average Bonchev–Trinajstić information content (AvgIpc) is 3.09. The number of hydrogen-bond donors (Lipinski definition) is 0. The van der Waals surface area contributed by atoms with Crippen LogP contribution in [0.4, 0.5) is 22.0 Å². The fourth-order valence-electron chi connectivity index (χ4n) is 1.97. The van der Waals surface area contributed by atoms with Crippen LogP contribution in [0.5, 0.6) is 0 Å². The van der Waals surface area contributed by atoms with Crippen molar-refractivity contribution in [2.45, 2.75) is 25.1 Å². The molecule has 0 aromatic heterocycles. The normalized spacial score (nSPS) is 15.7. The molecule has 0 N–H and O–H groups in total. The third-order valence-corrected chi connectivity index (χ3v) is 3.02. The molecular weight excluding hydrogens is 281 g/mol. The Morgan fingerprint density at radius 3 is 2.40 bits per heavy atom. The molecule has 110 valence electrons. The smallest absolute Gasteiger partial charge is 0.293 e. The number of ketones is 1. The molecule has 0 radical (unpaired) electrons. The number of carbonyl (C=O) groups excluding carboxylic acids is 1. The van der Waals surface area contributed by atoms with E-state index in [1.807, 2.05) is 0 Å². The molecule has 0 atom stereocenters. The summed E-state index contributed by atoms with van der Waals surface area (Å²) in [6.45, 7) is -1.72. The molecule has 7 heteroatoms. The van der Waals surface area contributed by atoms with Crippen LogP contribution in [0.1, 0.15) is 23.2 Å². The highest BCUT2D eigenvalue weighted by molar-refractivity contribution is 5.97. The molecule has 1 fully saturated rings. The number of halogens is 5. The first kappa shape index (κ1) is 14.9. The minimum atomic E-state index is -4.41. The van der Waals surface area contributed by atoms with Crippen molar-refractivity contribution in [2.75, 3.05) is 13.1 Å². The SMILES string of the molecule is O=C(CN(CC(F)(F)F)C1CC1)c1ccc(F)cc1F. The van der Waals surface area contributed by atoms with Gasteiger partial charge in [0.15, 0.2) is 5.78 Å². The van der Waals surface area contributed by atoms with Crippen LogP contribution in [-0.4, -0.2) is 36.0 Å². The summed E-state index contributed by atoms with van der Waals surface area (Å²) in [5, 5.41) is 0. The number of nitrogens with zero attached hydrogens (tertiary/aromatic N) is 1. The van der Waals surface area contributed by atoms with E-state index in [0.29, 0.717) is 18.9 Å². The minimum Gasteiger partial charge on any atom is -0.293 e. The molecule has 1 saturated carbocycles. The molecule has 0 amide bonds.